The number of anilines is 1. The lowest BCUT2D eigenvalue weighted by atomic mass is 10.1. The van der Waals surface area contributed by atoms with Crippen molar-refractivity contribution in [3.05, 3.63) is 53.9 Å². The normalized spacial score (nSPS) is 14.4. The average Bonchev–Trinajstić information content (AvgIpc) is 2.72. The van der Waals surface area contributed by atoms with E-state index in [0.717, 1.165) is 5.56 Å². The number of hydrogen-bond donors (Lipinski definition) is 1. The summed E-state index contributed by atoms with van der Waals surface area (Å²) in [6, 6.07) is 9.07. The maximum Gasteiger partial charge on any atom is 0.407 e. The number of ether oxygens (including phenoxy) is 1. The molecule has 1 aliphatic rings. The molecule has 0 atom stereocenters. The van der Waals surface area contributed by atoms with E-state index in [0.29, 0.717) is 44.2 Å². The molecular formula is C21H27N5O3. The maximum atomic E-state index is 12.8. The summed E-state index contributed by atoms with van der Waals surface area (Å²) in [6.45, 7) is 8.46. The highest BCUT2D eigenvalue weighted by Gasteiger charge is 2.23. The van der Waals surface area contributed by atoms with Gasteiger partial charge in [-0.3, -0.25) is 4.79 Å². The molecule has 1 saturated heterocycles. The van der Waals surface area contributed by atoms with Crippen molar-refractivity contribution in [2.45, 2.75) is 32.9 Å². The molecule has 1 fully saturated rings. The third-order valence-electron chi connectivity index (χ3n) is 4.44. The minimum atomic E-state index is -0.531. The number of rotatable bonds is 4. The van der Waals surface area contributed by atoms with Gasteiger partial charge in [0.15, 0.2) is 0 Å². The van der Waals surface area contributed by atoms with Crippen LogP contribution in [0, 0.1) is 0 Å². The van der Waals surface area contributed by atoms with Crippen molar-refractivity contribution in [1.82, 2.24) is 20.2 Å². The van der Waals surface area contributed by atoms with Crippen LogP contribution in [0.15, 0.2) is 42.7 Å². The molecule has 0 bridgehead atoms. The molecule has 2 heterocycles. The molecular weight excluding hydrogens is 370 g/mol. The number of benzene rings is 1. The fraction of sp³-hybridized carbons (Fsp3) is 0.429. The van der Waals surface area contributed by atoms with E-state index < -0.39 is 11.7 Å². The second-order valence-electron chi connectivity index (χ2n) is 7.88. The lowest BCUT2D eigenvalue weighted by Crippen LogP contribution is -2.49. The van der Waals surface area contributed by atoms with Gasteiger partial charge in [-0.1, -0.05) is 12.1 Å². The topological polar surface area (TPSA) is 87.7 Å². The van der Waals surface area contributed by atoms with Crippen LogP contribution in [-0.2, 0) is 11.3 Å². The monoisotopic (exact) mass is 397 g/mol. The number of nitrogens with one attached hydrogen (secondary N) is 1. The summed E-state index contributed by atoms with van der Waals surface area (Å²) >= 11 is 0. The van der Waals surface area contributed by atoms with Crippen molar-refractivity contribution in [2.24, 2.45) is 0 Å². The summed E-state index contributed by atoms with van der Waals surface area (Å²) in [5, 5.41) is 2.71. The number of alkyl carbamates (subject to hydrolysis) is 1. The number of aromatic nitrogens is 2. The van der Waals surface area contributed by atoms with Crippen molar-refractivity contribution in [3.63, 3.8) is 0 Å². The zero-order valence-corrected chi connectivity index (χ0v) is 17.1. The molecule has 1 aromatic carbocycles. The van der Waals surface area contributed by atoms with E-state index in [4.69, 9.17) is 4.74 Å². The van der Waals surface area contributed by atoms with Crippen LogP contribution in [0.3, 0.4) is 0 Å². The Morgan fingerprint density at radius 1 is 1.03 bits per heavy atom. The van der Waals surface area contributed by atoms with Crippen LogP contribution in [0.2, 0.25) is 0 Å². The van der Waals surface area contributed by atoms with Gasteiger partial charge >= 0.3 is 6.09 Å². The summed E-state index contributed by atoms with van der Waals surface area (Å²) in [7, 11) is 0. The Labute approximate surface area is 170 Å². The van der Waals surface area contributed by atoms with Gasteiger partial charge in [0.25, 0.3) is 5.91 Å². The zero-order chi connectivity index (χ0) is 20.9. The van der Waals surface area contributed by atoms with Crippen molar-refractivity contribution >= 4 is 17.9 Å². The Balaban J connectivity index is 1.50. The second-order valence-corrected chi connectivity index (χ2v) is 7.88. The van der Waals surface area contributed by atoms with E-state index in [1.165, 1.54) is 0 Å². The first-order chi connectivity index (χ1) is 13.8. The molecule has 1 aromatic heterocycles. The van der Waals surface area contributed by atoms with Crippen molar-refractivity contribution in [1.29, 1.82) is 0 Å². The molecule has 154 valence electrons. The van der Waals surface area contributed by atoms with Gasteiger partial charge in [0, 0.05) is 50.7 Å². The molecule has 0 saturated carbocycles. The second kappa shape index (κ2) is 8.89. The number of hydrogen-bond acceptors (Lipinski definition) is 6. The predicted molar refractivity (Wildman–Crippen MR) is 110 cm³/mol. The van der Waals surface area contributed by atoms with Gasteiger partial charge in [-0.2, -0.15) is 0 Å². The van der Waals surface area contributed by atoms with Crippen molar-refractivity contribution < 1.29 is 14.3 Å². The standard InChI is InChI=1S/C21H27N5O3/c1-21(2,3)29-20(28)24-15-16-5-7-17(8-6-16)18(27)25-11-13-26(14-12-25)19-22-9-4-10-23-19/h4-10H,11-15H2,1-3H3,(H,24,28). The van der Waals surface area contributed by atoms with Gasteiger partial charge in [-0.25, -0.2) is 14.8 Å². The lowest BCUT2D eigenvalue weighted by molar-refractivity contribution is 0.0523. The molecule has 0 spiro atoms. The highest BCUT2D eigenvalue weighted by Crippen LogP contribution is 2.14. The first-order valence-corrected chi connectivity index (χ1v) is 9.69. The van der Waals surface area contributed by atoms with Crippen LogP contribution in [0.5, 0.6) is 0 Å². The minimum Gasteiger partial charge on any atom is -0.444 e. The van der Waals surface area contributed by atoms with E-state index in [-0.39, 0.29) is 5.91 Å². The zero-order valence-electron chi connectivity index (χ0n) is 17.1. The van der Waals surface area contributed by atoms with Gasteiger partial charge in [-0.05, 0) is 44.5 Å². The minimum absolute atomic E-state index is 0.00489. The number of carbonyl (C=O) groups is 2. The van der Waals surface area contributed by atoms with Crippen LogP contribution in [0.25, 0.3) is 0 Å². The third-order valence-corrected chi connectivity index (χ3v) is 4.44. The first-order valence-electron chi connectivity index (χ1n) is 9.69. The van der Waals surface area contributed by atoms with Crippen LogP contribution >= 0.6 is 0 Å². The molecule has 0 unspecified atom stereocenters. The summed E-state index contributed by atoms with van der Waals surface area (Å²) < 4.78 is 5.22. The smallest absolute Gasteiger partial charge is 0.407 e. The van der Waals surface area contributed by atoms with Gasteiger partial charge < -0.3 is 19.9 Å². The van der Waals surface area contributed by atoms with E-state index in [2.05, 4.69) is 20.2 Å². The average molecular weight is 397 g/mol. The first kappa shape index (κ1) is 20.6. The Morgan fingerprint density at radius 2 is 1.66 bits per heavy atom. The van der Waals surface area contributed by atoms with Crippen LogP contribution in [0.4, 0.5) is 10.7 Å². The highest BCUT2D eigenvalue weighted by atomic mass is 16.6. The van der Waals surface area contributed by atoms with Crippen LogP contribution in [0.1, 0.15) is 36.7 Å². The summed E-state index contributed by atoms with van der Waals surface area (Å²) in [6.07, 6.45) is 2.98. The quantitative estimate of drug-likeness (QED) is 0.853. The van der Waals surface area contributed by atoms with Gasteiger partial charge in [0.1, 0.15) is 5.60 Å². The molecule has 3 rings (SSSR count). The SMILES string of the molecule is CC(C)(C)OC(=O)NCc1ccc(C(=O)N2CCN(c3ncccn3)CC2)cc1. The van der Waals surface area contributed by atoms with E-state index in [1.54, 1.807) is 30.6 Å². The highest BCUT2D eigenvalue weighted by molar-refractivity contribution is 5.94. The van der Waals surface area contributed by atoms with Crippen LogP contribution < -0.4 is 10.2 Å². The third kappa shape index (κ3) is 5.91. The molecule has 8 nitrogen and oxygen atoms in total. The summed E-state index contributed by atoms with van der Waals surface area (Å²) in [4.78, 5) is 36.9. The van der Waals surface area contributed by atoms with Crippen molar-refractivity contribution in [3.8, 4) is 0 Å². The van der Waals surface area contributed by atoms with Gasteiger partial charge in [-0.15, -0.1) is 0 Å². The number of piperazine rings is 1. The Kier molecular flexibility index (Phi) is 6.31. The molecule has 29 heavy (non-hydrogen) atoms. The van der Waals surface area contributed by atoms with Crippen molar-refractivity contribution in [2.75, 3.05) is 31.1 Å². The number of carbonyl (C=O) groups excluding carboxylic acids is 2. The van der Waals surface area contributed by atoms with E-state index in [1.807, 2.05) is 37.8 Å². The number of nitrogens with zero attached hydrogens (tertiary/aromatic N) is 4. The Morgan fingerprint density at radius 3 is 2.24 bits per heavy atom. The Bertz CT molecular complexity index is 826. The lowest BCUT2D eigenvalue weighted by Gasteiger charge is -2.34. The fourth-order valence-corrected chi connectivity index (χ4v) is 3.00. The molecule has 0 aliphatic carbocycles. The molecule has 2 amide bonds. The predicted octanol–water partition coefficient (Wildman–Crippen LogP) is 2.46. The van der Waals surface area contributed by atoms with E-state index in [9.17, 15) is 9.59 Å². The molecule has 1 aliphatic heterocycles. The molecule has 2 aromatic rings. The summed E-state index contributed by atoms with van der Waals surface area (Å²) in [5.41, 5.74) is 1.01. The Hall–Kier alpha value is -3.16. The maximum absolute atomic E-state index is 12.8. The molecule has 8 heteroatoms. The van der Waals surface area contributed by atoms with E-state index >= 15 is 0 Å². The largest absolute Gasteiger partial charge is 0.444 e. The van der Waals surface area contributed by atoms with Crippen LogP contribution in [-0.4, -0.2) is 58.6 Å². The summed E-state index contributed by atoms with van der Waals surface area (Å²) in [5.74, 6) is 0.701. The fourth-order valence-electron chi connectivity index (χ4n) is 3.00. The molecule has 0 radical (unpaired) electrons. The van der Waals surface area contributed by atoms with Gasteiger partial charge in [0.2, 0.25) is 5.95 Å². The molecule has 1 N–H and O–H groups in total. The van der Waals surface area contributed by atoms with Gasteiger partial charge in [0.05, 0.1) is 0 Å². The number of amides is 2.